The fourth-order valence-electron chi connectivity index (χ4n) is 10.9. The molecule has 0 radical (unpaired) electrons. The zero-order valence-corrected chi connectivity index (χ0v) is 21.3. The number of fused-ring (bicyclic) bond motifs is 2. The van der Waals surface area contributed by atoms with Crippen molar-refractivity contribution >= 4 is 0 Å². The van der Waals surface area contributed by atoms with Crippen LogP contribution in [0.1, 0.15) is 112 Å². The second kappa shape index (κ2) is 7.21. The van der Waals surface area contributed by atoms with Gasteiger partial charge in [-0.2, -0.15) is 0 Å². The van der Waals surface area contributed by atoms with Gasteiger partial charge in [0, 0.05) is 0 Å². The van der Waals surface area contributed by atoms with Crippen LogP contribution in [0, 0.1) is 57.2 Å². The first-order valence-corrected chi connectivity index (χ1v) is 13.9. The summed E-state index contributed by atoms with van der Waals surface area (Å²) in [5, 5.41) is 21.0. The number of aliphatic hydroxyl groups excluding tert-OH is 2. The minimum Gasteiger partial charge on any atom is -0.393 e. The Morgan fingerprint density at radius 3 is 2.29 bits per heavy atom. The monoisotopic (exact) mass is 430 g/mol. The molecule has 5 aliphatic rings. The first-order chi connectivity index (χ1) is 14.5. The molecule has 0 amide bonds. The molecule has 2 heteroatoms. The van der Waals surface area contributed by atoms with E-state index in [1.807, 2.05) is 0 Å². The molecule has 178 valence electrons. The summed E-state index contributed by atoms with van der Waals surface area (Å²) in [5.41, 5.74) is 2.17. The molecule has 2 nitrogen and oxygen atoms in total. The molecule has 1 unspecified atom stereocenters. The van der Waals surface area contributed by atoms with Gasteiger partial charge in [-0.05, 0) is 128 Å². The van der Waals surface area contributed by atoms with Crippen molar-refractivity contribution in [2.24, 2.45) is 57.2 Å². The van der Waals surface area contributed by atoms with Gasteiger partial charge in [0.15, 0.2) is 0 Å². The van der Waals surface area contributed by atoms with Crippen LogP contribution in [0.25, 0.3) is 0 Å². The van der Waals surface area contributed by atoms with E-state index in [-0.39, 0.29) is 12.2 Å². The van der Waals surface area contributed by atoms with Crippen LogP contribution in [0.3, 0.4) is 0 Å². The van der Waals surface area contributed by atoms with Crippen LogP contribution in [0.2, 0.25) is 0 Å². The lowest BCUT2D eigenvalue weighted by atomic mass is 9.43. The maximum absolute atomic E-state index is 10.6. The highest BCUT2D eigenvalue weighted by atomic mass is 16.3. The molecule has 0 aliphatic heterocycles. The van der Waals surface area contributed by atoms with Gasteiger partial charge in [0.05, 0.1) is 12.2 Å². The van der Waals surface area contributed by atoms with Crippen molar-refractivity contribution in [2.45, 2.75) is 124 Å². The largest absolute Gasteiger partial charge is 0.393 e. The third-order valence-electron chi connectivity index (χ3n) is 13.1. The first kappa shape index (κ1) is 22.7. The van der Waals surface area contributed by atoms with Crippen molar-refractivity contribution in [3.05, 3.63) is 0 Å². The van der Waals surface area contributed by atoms with E-state index in [9.17, 15) is 10.2 Å². The normalized spacial score (nSPS) is 55.1. The highest BCUT2D eigenvalue weighted by molar-refractivity contribution is 5.29. The third-order valence-corrected chi connectivity index (χ3v) is 13.1. The molecule has 0 aromatic carbocycles. The maximum atomic E-state index is 10.6. The van der Waals surface area contributed by atoms with E-state index in [0.717, 1.165) is 36.5 Å². The van der Waals surface area contributed by atoms with E-state index < -0.39 is 0 Å². The van der Waals surface area contributed by atoms with Gasteiger partial charge in [-0.3, -0.25) is 0 Å². The van der Waals surface area contributed by atoms with Crippen LogP contribution in [0.5, 0.6) is 0 Å². The first-order valence-electron chi connectivity index (χ1n) is 13.9. The van der Waals surface area contributed by atoms with Crippen molar-refractivity contribution in [3.63, 3.8) is 0 Å². The van der Waals surface area contributed by atoms with Crippen molar-refractivity contribution in [1.29, 1.82) is 0 Å². The summed E-state index contributed by atoms with van der Waals surface area (Å²) in [7, 11) is 0. The molecule has 5 rings (SSSR count). The summed E-state index contributed by atoms with van der Waals surface area (Å²) < 4.78 is 0. The van der Waals surface area contributed by atoms with Crippen LogP contribution in [0.4, 0.5) is 0 Å². The predicted octanol–water partition coefficient (Wildman–Crippen LogP) is 6.83. The summed E-state index contributed by atoms with van der Waals surface area (Å²) in [4.78, 5) is 0. The summed E-state index contributed by atoms with van der Waals surface area (Å²) >= 11 is 0. The zero-order valence-electron chi connectivity index (χ0n) is 21.3. The minimum atomic E-state index is -0.136. The Labute approximate surface area is 192 Å². The fraction of sp³-hybridized carbons (Fsp3) is 1.00. The molecule has 0 aromatic heterocycles. The molecule has 31 heavy (non-hydrogen) atoms. The van der Waals surface area contributed by atoms with E-state index >= 15 is 0 Å². The van der Waals surface area contributed by atoms with Crippen LogP contribution < -0.4 is 0 Å². The van der Waals surface area contributed by atoms with Crippen molar-refractivity contribution in [1.82, 2.24) is 0 Å². The quantitative estimate of drug-likeness (QED) is 0.502. The smallest absolute Gasteiger partial charge is 0.0568 e. The topological polar surface area (TPSA) is 40.5 Å². The summed E-state index contributed by atoms with van der Waals surface area (Å²) in [6.07, 6.45) is 14.3. The molecule has 2 spiro atoms. The number of rotatable bonds is 5. The SMILES string of the molecule is CC(C)C(O)CC[C@@H](C)[C@H]1CC[C@@]2(C)[C@@H]3CC[C@H]4[C@H](C)[C@@H](O)CC[C@@]45C[C@@]35CC[C@]12C. The molecule has 2 N–H and O–H groups in total. The number of hydrogen-bond donors (Lipinski definition) is 2. The highest BCUT2D eigenvalue weighted by Gasteiger charge is 2.81. The average molecular weight is 431 g/mol. The molecular formula is C29H50O2. The minimum absolute atomic E-state index is 0.0489. The van der Waals surface area contributed by atoms with Gasteiger partial charge in [-0.15, -0.1) is 0 Å². The van der Waals surface area contributed by atoms with Gasteiger partial charge >= 0.3 is 0 Å². The Morgan fingerprint density at radius 2 is 1.58 bits per heavy atom. The highest BCUT2D eigenvalue weighted by Crippen LogP contribution is 2.88. The standard InChI is InChI=1S/C29H50O2/c1-18(2)23(30)9-7-19(3)21-11-13-27(6)25-10-8-22-20(4)24(31)12-14-28(22)17-29(25,28)16-15-26(21,27)5/h18-25,30-31H,7-17H2,1-6H3/t19-,20+,21-,22+,23?,24+,25+,26-,27+,28-,29+/m1/s1. The summed E-state index contributed by atoms with van der Waals surface area (Å²) in [6, 6.07) is 0. The number of aliphatic hydroxyl groups is 2. The molecule has 5 aliphatic carbocycles. The van der Waals surface area contributed by atoms with Crippen LogP contribution in [-0.2, 0) is 0 Å². The summed E-state index contributed by atoms with van der Waals surface area (Å²) in [5.74, 6) is 4.14. The van der Waals surface area contributed by atoms with Crippen LogP contribution >= 0.6 is 0 Å². The lowest BCUT2D eigenvalue weighted by molar-refractivity contribution is -0.143. The Kier molecular flexibility index (Phi) is 5.28. The van der Waals surface area contributed by atoms with E-state index in [0.29, 0.717) is 33.5 Å². The predicted molar refractivity (Wildman–Crippen MR) is 128 cm³/mol. The Bertz CT molecular complexity index is 703. The molecule has 11 atom stereocenters. The summed E-state index contributed by atoms with van der Waals surface area (Å²) in [6.45, 7) is 14.5. The third kappa shape index (κ3) is 2.82. The molecular weight excluding hydrogens is 380 g/mol. The van der Waals surface area contributed by atoms with Crippen LogP contribution in [-0.4, -0.2) is 22.4 Å². The van der Waals surface area contributed by atoms with Crippen LogP contribution in [0.15, 0.2) is 0 Å². The molecule has 5 saturated carbocycles. The molecule has 0 aromatic rings. The molecule has 0 heterocycles. The van der Waals surface area contributed by atoms with E-state index in [1.54, 1.807) is 0 Å². The Morgan fingerprint density at radius 1 is 0.839 bits per heavy atom. The lowest BCUT2D eigenvalue weighted by Gasteiger charge is -2.62. The van der Waals surface area contributed by atoms with Gasteiger partial charge in [0.1, 0.15) is 0 Å². The van der Waals surface area contributed by atoms with Gasteiger partial charge in [0.25, 0.3) is 0 Å². The van der Waals surface area contributed by atoms with E-state index in [2.05, 4.69) is 41.5 Å². The van der Waals surface area contributed by atoms with Crippen molar-refractivity contribution < 1.29 is 10.2 Å². The maximum Gasteiger partial charge on any atom is 0.0568 e. The van der Waals surface area contributed by atoms with Crippen molar-refractivity contribution in [3.8, 4) is 0 Å². The Hall–Kier alpha value is -0.0800. The average Bonchev–Trinajstić information content (AvgIpc) is 3.31. The Balaban J connectivity index is 1.37. The van der Waals surface area contributed by atoms with Gasteiger partial charge < -0.3 is 10.2 Å². The molecule has 0 bridgehead atoms. The van der Waals surface area contributed by atoms with Gasteiger partial charge in [-0.1, -0.05) is 41.5 Å². The molecule has 0 saturated heterocycles. The van der Waals surface area contributed by atoms with E-state index in [4.69, 9.17) is 0 Å². The second-order valence-corrected chi connectivity index (χ2v) is 14.0. The van der Waals surface area contributed by atoms with Gasteiger partial charge in [-0.25, -0.2) is 0 Å². The number of hydrogen-bond acceptors (Lipinski definition) is 2. The lowest BCUT2D eigenvalue weighted by Crippen LogP contribution is -2.56. The zero-order chi connectivity index (χ0) is 22.4. The van der Waals surface area contributed by atoms with Crippen molar-refractivity contribution in [2.75, 3.05) is 0 Å². The van der Waals surface area contributed by atoms with E-state index in [1.165, 1.54) is 57.8 Å². The second-order valence-electron chi connectivity index (χ2n) is 14.0. The molecule has 5 fully saturated rings. The van der Waals surface area contributed by atoms with Gasteiger partial charge in [0.2, 0.25) is 0 Å². The fourth-order valence-corrected chi connectivity index (χ4v) is 10.9.